The number of hydrogen-bond donors (Lipinski definition) is 0. The van der Waals surface area contributed by atoms with Crippen LogP contribution in [-0.2, 0) is 10.5 Å². The third-order valence-corrected chi connectivity index (χ3v) is 4.54. The van der Waals surface area contributed by atoms with Crippen LogP contribution in [0.5, 0.6) is 0 Å². The first-order valence-electron chi connectivity index (χ1n) is 6.58. The molecule has 0 saturated carbocycles. The monoisotopic (exact) mass is 364 g/mol. The number of thioether (sulfide) groups is 1. The van der Waals surface area contributed by atoms with E-state index < -0.39 is 0 Å². The van der Waals surface area contributed by atoms with Gasteiger partial charge in [-0.05, 0) is 42.8 Å². The third kappa shape index (κ3) is 4.58. The fourth-order valence-electron chi connectivity index (χ4n) is 1.95. The molecule has 0 bridgehead atoms. The van der Waals surface area contributed by atoms with Crippen LogP contribution >= 0.6 is 27.7 Å². The topological polar surface area (TPSA) is 33.2 Å². The quantitative estimate of drug-likeness (QED) is 0.802. The van der Waals surface area contributed by atoms with Gasteiger partial charge in [0.15, 0.2) is 0 Å². The first-order chi connectivity index (χ1) is 10.1. The number of aromatic nitrogens is 1. The van der Waals surface area contributed by atoms with E-state index in [1.54, 1.807) is 22.9 Å². The molecule has 1 aromatic carbocycles. The Morgan fingerprint density at radius 3 is 2.81 bits per heavy atom. The van der Waals surface area contributed by atoms with Gasteiger partial charge in [-0.3, -0.25) is 9.78 Å². The van der Waals surface area contributed by atoms with Gasteiger partial charge in [0.05, 0.1) is 11.4 Å². The van der Waals surface area contributed by atoms with Crippen molar-refractivity contribution in [3.05, 3.63) is 58.3 Å². The lowest BCUT2D eigenvalue weighted by Gasteiger charge is -2.19. The highest BCUT2D eigenvalue weighted by atomic mass is 79.9. The first kappa shape index (κ1) is 16.0. The molecule has 0 saturated heterocycles. The summed E-state index contributed by atoms with van der Waals surface area (Å²) in [6.07, 6.45) is 1.77. The predicted molar refractivity (Wildman–Crippen MR) is 92.7 cm³/mol. The highest BCUT2D eigenvalue weighted by molar-refractivity contribution is 9.10. The fraction of sp³-hybridized carbons (Fsp3) is 0.250. The molecule has 2 rings (SSSR count). The van der Waals surface area contributed by atoms with Crippen LogP contribution in [0.25, 0.3) is 0 Å². The van der Waals surface area contributed by atoms with E-state index in [9.17, 15) is 4.79 Å². The maximum Gasteiger partial charge on any atom is 0.236 e. The van der Waals surface area contributed by atoms with Crippen LogP contribution in [0.2, 0.25) is 0 Å². The molecule has 0 atom stereocenters. The van der Waals surface area contributed by atoms with Crippen molar-refractivity contribution in [2.24, 2.45) is 0 Å². The van der Waals surface area contributed by atoms with E-state index in [-0.39, 0.29) is 5.91 Å². The molecule has 0 N–H and O–H groups in total. The molecule has 1 amide bonds. The molecule has 110 valence electrons. The van der Waals surface area contributed by atoms with Gasteiger partial charge in [0.25, 0.3) is 0 Å². The van der Waals surface area contributed by atoms with Gasteiger partial charge in [-0.15, -0.1) is 11.8 Å². The summed E-state index contributed by atoms with van der Waals surface area (Å²) in [6.45, 7) is 2.00. The van der Waals surface area contributed by atoms with E-state index in [2.05, 4.69) is 20.9 Å². The van der Waals surface area contributed by atoms with Crippen LogP contribution in [-0.4, -0.2) is 23.7 Å². The second-order valence-corrected chi connectivity index (χ2v) is 6.60. The lowest BCUT2D eigenvalue weighted by molar-refractivity contribution is -0.115. The van der Waals surface area contributed by atoms with Gasteiger partial charge in [-0.25, -0.2) is 0 Å². The summed E-state index contributed by atoms with van der Waals surface area (Å²) < 4.78 is 1.02. The van der Waals surface area contributed by atoms with Crippen molar-refractivity contribution in [2.75, 3.05) is 17.7 Å². The smallest absolute Gasteiger partial charge is 0.236 e. The summed E-state index contributed by atoms with van der Waals surface area (Å²) in [5.41, 5.74) is 3.02. The maximum absolute atomic E-state index is 12.2. The number of halogens is 1. The minimum absolute atomic E-state index is 0.0985. The Kier molecular flexibility index (Phi) is 5.82. The van der Waals surface area contributed by atoms with Gasteiger partial charge in [0, 0.05) is 29.2 Å². The number of carbonyl (C=O) groups excluding carboxylic acids is 1. The number of carbonyl (C=O) groups is 1. The number of anilines is 1. The van der Waals surface area contributed by atoms with Crippen molar-refractivity contribution in [1.82, 2.24) is 4.98 Å². The molecule has 2 aromatic rings. The SMILES string of the molecule is Cc1cc(Br)ccc1N(C)C(=O)CSCc1ccccn1. The van der Waals surface area contributed by atoms with Gasteiger partial charge in [-0.1, -0.05) is 22.0 Å². The Morgan fingerprint density at radius 2 is 2.14 bits per heavy atom. The standard InChI is InChI=1S/C16H17BrN2OS/c1-12-9-13(17)6-7-15(12)19(2)16(20)11-21-10-14-5-3-4-8-18-14/h3-9H,10-11H2,1-2H3. The molecule has 0 aliphatic carbocycles. The zero-order valence-electron chi connectivity index (χ0n) is 12.0. The van der Waals surface area contributed by atoms with E-state index in [0.717, 1.165) is 27.2 Å². The average Bonchev–Trinajstić information content (AvgIpc) is 2.47. The van der Waals surface area contributed by atoms with Gasteiger partial charge in [-0.2, -0.15) is 0 Å². The van der Waals surface area contributed by atoms with Gasteiger partial charge in [0.2, 0.25) is 5.91 Å². The Hall–Kier alpha value is -1.33. The number of hydrogen-bond acceptors (Lipinski definition) is 3. The molecule has 5 heteroatoms. The molecule has 0 unspecified atom stereocenters. The number of nitrogens with zero attached hydrogens (tertiary/aromatic N) is 2. The van der Waals surface area contributed by atoms with Crippen LogP contribution in [0.1, 0.15) is 11.3 Å². The fourth-order valence-corrected chi connectivity index (χ4v) is 3.28. The Labute approximate surface area is 137 Å². The summed E-state index contributed by atoms with van der Waals surface area (Å²) in [4.78, 5) is 18.2. The Balaban J connectivity index is 1.90. The van der Waals surface area contributed by atoms with Gasteiger partial charge >= 0.3 is 0 Å². The summed E-state index contributed by atoms with van der Waals surface area (Å²) in [7, 11) is 1.82. The van der Waals surface area contributed by atoms with E-state index in [1.807, 2.05) is 50.4 Å². The molecular weight excluding hydrogens is 348 g/mol. The van der Waals surface area contributed by atoms with Crippen molar-refractivity contribution in [3.63, 3.8) is 0 Å². The molecular formula is C16H17BrN2OS. The summed E-state index contributed by atoms with van der Waals surface area (Å²) in [5.74, 6) is 1.30. The first-order valence-corrected chi connectivity index (χ1v) is 8.53. The van der Waals surface area contributed by atoms with E-state index in [1.165, 1.54) is 0 Å². The molecule has 3 nitrogen and oxygen atoms in total. The number of amides is 1. The zero-order valence-corrected chi connectivity index (χ0v) is 14.4. The van der Waals surface area contributed by atoms with Crippen molar-refractivity contribution < 1.29 is 4.79 Å². The molecule has 0 aliphatic rings. The molecule has 21 heavy (non-hydrogen) atoms. The molecule has 0 fully saturated rings. The normalized spacial score (nSPS) is 10.4. The summed E-state index contributed by atoms with van der Waals surface area (Å²) >= 11 is 5.02. The Bertz CT molecular complexity index is 619. The van der Waals surface area contributed by atoms with Crippen molar-refractivity contribution in [1.29, 1.82) is 0 Å². The van der Waals surface area contributed by atoms with Crippen LogP contribution in [0, 0.1) is 6.92 Å². The molecule has 0 aliphatic heterocycles. The van der Waals surface area contributed by atoms with Gasteiger partial charge < -0.3 is 4.90 Å². The number of pyridine rings is 1. The van der Waals surface area contributed by atoms with Gasteiger partial charge in [0.1, 0.15) is 0 Å². The maximum atomic E-state index is 12.2. The molecule has 1 heterocycles. The van der Waals surface area contributed by atoms with E-state index in [4.69, 9.17) is 0 Å². The summed E-state index contributed by atoms with van der Waals surface area (Å²) in [5, 5.41) is 0. The lowest BCUT2D eigenvalue weighted by Crippen LogP contribution is -2.28. The van der Waals surface area contributed by atoms with Crippen LogP contribution in [0.4, 0.5) is 5.69 Å². The minimum atomic E-state index is 0.0985. The Morgan fingerprint density at radius 1 is 1.33 bits per heavy atom. The van der Waals surface area contributed by atoms with Crippen LogP contribution < -0.4 is 4.90 Å². The average molecular weight is 365 g/mol. The predicted octanol–water partition coefficient (Wildman–Crippen LogP) is 4.05. The number of rotatable bonds is 5. The second-order valence-electron chi connectivity index (χ2n) is 4.70. The highest BCUT2D eigenvalue weighted by Crippen LogP contribution is 2.23. The lowest BCUT2D eigenvalue weighted by atomic mass is 10.2. The van der Waals surface area contributed by atoms with E-state index in [0.29, 0.717) is 5.75 Å². The van der Waals surface area contributed by atoms with Crippen molar-refractivity contribution in [2.45, 2.75) is 12.7 Å². The zero-order chi connectivity index (χ0) is 15.2. The molecule has 0 spiro atoms. The van der Waals surface area contributed by atoms with Crippen molar-refractivity contribution in [3.8, 4) is 0 Å². The largest absolute Gasteiger partial charge is 0.315 e. The number of benzene rings is 1. The highest BCUT2D eigenvalue weighted by Gasteiger charge is 2.13. The third-order valence-electron chi connectivity index (χ3n) is 3.10. The minimum Gasteiger partial charge on any atom is -0.315 e. The molecule has 0 radical (unpaired) electrons. The second kappa shape index (κ2) is 7.61. The van der Waals surface area contributed by atoms with Crippen molar-refractivity contribution >= 4 is 39.3 Å². The molecule has 1 aromatic heterocycles. The van der Waals surface area contributed by atoms with Crippen LogP contribution in [0.3, 0.4) is 0 Å². The summed E-state index contributed by atoms with van der Waals surface area (Å²) in [6, 6.07) is 11.7. The van der Waals surface area contributed by atoms with E-state index >= 15 is 0 Å². The number of aryl methyl sites for hydroxylation is 1. The van der Waals surface area contributed by atoms with Crippen LogP contribution in [0.15, 0.2) is 47.1 Å².